The average molecular weight is 489 g/mol. The van der Waals surface area contributed by atoms with Gasteiger partial charge in [-0.2, -0.15) is 4.31 Å². The van der Waals surface area contributed by atoms with Crippen LogP contribution in [0.5, 0.6) is 0 Å². The largest absolute Gasteiger partial charge is 0.240 e. The Balaban J connectivity index is 1.49. The van der Waals surface area contributed by atoms with Crippen molar-refractivity contribution in [3.8, 4) is 11.1 Å². The van der Waals surface area contributed by atoms with Crippen molar-refractivity contribution < 1.29 is 16.8 Å². The second kappa shape index (κ2) is 8.07. The molecule has 162 valence electrons. The van der Waals surface area contributed by atoms with Crippen LogP contribution in [0.25, 0.3) is 11.1 Å². The maximum atomic E-state index is 12.9. The van der Waals surface area contributed by atoms with Crippen molar-refractivity contribution >= 4 is 43.2 Å². The van der Waals surface area contributed by atoms with Crippen LogP contribution in [0.4, 0.5) is 0 Å². The van der Waals surface area contributed by atoms with Gasteiger partial charge in [-0.1, -0.05) is 41.4 Å². The summed E-state index contributed by atoms with van der Waals surface area (Å²) in [6.07, 6.45) is 3.75. The van der Waals surface area contributed by atoms with E-state index in [1.807, 2.05) is 6.07 Å². The Bertz CT molecular complexity index is 1150. The lowest BCUT2D eigenvalue weighted by atomic mass is 10.0. The highest BCUT2D eigenvalue weighted by Gasteiger charge is 2.45. The van der Waals surface area contributed by atoms with E-state index in [-0.39, 0.29) is 23.0 Å². The lowest BCUT2D eigenvalue weighted by Gasteiger charge is -2.37. The smallest absolute Gasteiger partial charge is 0.212 e. The summed E-state index contributed by atoms with van der Waals surface area (Å²) in [5.41, 5.74) is 1.66. The van der Waals surface area contributed by atoms with Gasteiger partial charge in [0.25, 0.3) is 0 Å². The molecule has 2 aliphatic heterocycles. The summed E-state index contributed by atoms with van der Waals surface area (Å²) in [6, 6.07) is 11.3. The van der Waals surface area contributed by atoms with E-state index >= 15 is 0 Å². The van der Waals surface area contributed by atoms with Crippen LogP contribution in [-0.2, 0) is 20.0 Å². The fourth-order valence-corrected chi connectivity index (χ4v) is 7.59. The molecule has 2 unspecified atom stereocenters. The minimum Gasteiger partial charge on any atom is -0.212 e. The highest BCUT2D eigenvalue weighted by atomic mass is 35.5. The molecule has 1 N–H and O–H groups in total. The van der Waals surface area contributed by atoms with Gasteiger partial charge in [-0.3, -0.25) is 0 Å². The van der Waals surface area contributed by atoms with Gasteiger partial charge in [0.15, 0.2) is 0 Å². The molecule has 2 saturated heterocycles. The zero-order chi connectivity index (χ0) is 21.7. The standard InChI is InChI=1S/C20H22Cl2N2O4S2/c1-29(25,26)24-16-5-6-17(24)12-15(11-16)23-30(27,28)18-7-2-13(3-8-18)14-4-9-19(21)20(22)10-14/h2-4,7-10,15-17,23H,5-6,11-12H2,1H3. The number of hydrogen-bond acceptors (Lipinski definition) is 4. The molecule has 0 spiro atoms. The number of halogens is 2. The second-order valence-corrected chi connectivity index (χ2v) is 12.3. The Labute approximate surface area is 187 Å². The molecule has 0 radical (unpaired) electrons. The van der Waals surface area contributed by atoms with Crippen molar-refractivity contribution in [1.82, 2.24) is 9.03 Å². The third kappa shape index (κ3) is 4.40. The van der Waals surface area contributed by atoms with E-state index < -0.39 is 20.0 Å². The van der Waals surface area contributed by atoms with Gasteiger partial charge in [-0.15, -0.1) is 0 Å². The van der Waals surface area contributed by atoms with Gasteiger partial charge in [0.1, 0.15) is 0 Å². The zero-order valence-corrected chi connectivity index (χ0v) is 19.4. The molecule has 0 amide bonds. The Morgan fingerprint density at radius 2 is 1.43 bits per heavy atom. The first-order chi connectivity index (χ1) is 14.0. The molecule has 4 rings (SSSR count). The minimum atomic E-state index is -3.71. The van der Waals surface area contributed by atoms with Crippen molar-refractivity contribution in [2.45, 2.75) is 48.7 Å². The van der Waals surface area contributed by atoms with Crippen LogP contribution in [0.2, 0.25) is 10.0 Å². The molecule has 2 atom stereocenters. The molecular weight excluding hydrogens is 467 g/mol. The van der Waals surface area contributed by atoms with E-state index in [0.29, 0.717) is 22.9 Å². The van der Waals surface area contributed by atoms with Crippen LogP contribution in [0.15, 0.2) is 47.4 Å². The molecule has 2 bridgehead atoms. The quantitative estimate of drug-likeness (QED) is 0.691. The van der Waals surface area contributed by atoms with Crippen LogP contribution >= 0.6 is 23.2 Å². The number of sulfonamides is 2. The summed E-state index contributed by atoms with van der Waals surface area (Å²) >= 11 is 12.0. The van der Waals surface area contributed by atoms with Gasteiger partial charge in [0.05, 0.1) is 21.2 Å². The number of rotatable bonds is 5. The second-order valence-electron chi connectivity index (χ2n) is 7.92. The number of fused-ring (bicyclic) bond motifs is 2. The number of nitrogens with zero attached hydrogens (tertiary/aromatic N) is 1. The summed E-state index contributed by atoms with van der Waals surface area (Å²) in [5.74, 6) is 0. The van der Waals surface area contributed by atoms with Gasteiger partial charge in [-0.25, -0.2) is 21.6 Å². The fraction of sp³-hybridized carbons (Fsp3) is 0.400. The molecule has 30 heavy (non-hydrogen) atoms. The van der Waals surface area contributed by atoms with E-state index in [1.165, 1.54) is 6.26 Å². The van der Waals surface area contributed by atoms with E-state index in [9.17, 15) is 16.8 Å². The maximum Gasteiger partial charge on any atom is 0.240 e. The summed E-state index contributed by atoms with van der Waals surface area (Å²) < 4.78 is 54.1. The topological polar surface area (TPSA) is 83.6 Å². The zero-order valence-electron chi connectivity index (χ0n) is 16.3. The van der Waals surface area contributed by atoms with Crippen LogP contribution < -0.4 is 4.72 Å². The van der Waals surface area contributed by atoms with Crippen molar-refractivity contribution in [3.05, 3.63) is 52.5 Å². The van der Waals surface area contributed by atoms with Gasteiger partial charge in [-0.05, 0) is 61.1 Å². The van der Waals surface area contributed by atoms with Crippen molar-refractivity contribution in [2.24, 2.45) is 0 Å². The first-order valence-corrected chi connectivity index (χ1v) is 13.7. The Morgan fingerprint density at radius 1 is 0.867 bits per heavy atom. The van der Waals surface area contributed by atoms with Crippen molar-refractivity contribution in [2.75, 3.05) is 6.26 Å². The SMILES string of the molecule is CS(=O)(=O)N1C2CCC1CC(NS(=O)(=O)c1ccc(-c3ccc(Cl)c(Cl)c3)cc1)C2. The Kier molecular flexibility index (Phi) is 5.93. The van der Waals surface area contributed by atoms with E-state index in [4.69, 9.17) is 23.2 Å². The molecule has 2 fully saturated rings. The van der Waals surface area contributed by atoms with Gasteiger partial charge in [0, 0.05) is 18.1 Å². The van der Waals surface area contributed by atoms with Crippen LogP contribution in [0, 0.1) is 0 Å². The van der Waals surface area contributed by atoms with E-state index in [1.54, 1.807) is 40.7 Å². The summed E-state index contributed by atoms with van der Waals surface area (Å²) in [6.45, 7) is 0. The Hall–Kier alpha value is -1.16. The molecule has 2 heterocycles. The van der Waals surface area contributed by atoms with Crippen LogP contribution in [-0.4, -0.2) is 45.5 Å². The molecule has 10 heteroatoms. The Morgan fingerprint density at radius 3 is 1.97 bits per heavy atom. The highest BCUT2D eigenvalue weighted by Crippen LogP contribution is 2.38. The number of piperidine rings is 1. The monoisotopic (exact) mass is 488 g/mol. The summed E-state index contributed by atoms with van der Waals surface area (Å²) in [4.78, 5) is 0.171. The number of hydrogen-bond donors (Lipinski definition) is 1. The molecule has 0 saturated carbocycles. The molecule has 2 aromatic carbocycles. The van der Waals surface area contributed by atoms with E-state index in [0.717, 1.165) is 24.0 Å². The molecule has 0 aromatic heterocycles. The predicted molar refractivity (Wildman–Crippen MR) is 119 cm³/mol. The van der Waals surface area contributed by atoms with Crippen molar-refractivity contribution in [3.63, 3.8) is 0 Å². The van der Waals surface area contributed by atoms with Crippen LogP contribution in [0.3, 0.4) is 0 Å². The molecule has 6 nitrogen and oxygen atoms in total. The predicted octanol–water partition coefficient (Wildman–Crippen LogP) is 3.89. The van der Waals surface area contributed by atoms with Gasteiger partial charge < -0.3 is 0 Å². The van der Waals surface area contributed by atoms with Crippen LogP contribution in [0.1, 0.15) is 25.7 Å². The van der Waals surface area contributed by atoms with Gasteiger partial charge in [0.2, 0.25) is 20.0 Å². The first-order valence-electron chi connectivity index (χ1n) is 9.61. The highest BCUT2D eigenvalue weighted by molar-refractivity contribution is 7.89. The molecule has 2 aliphatic rings. The molecular formula is C20H22Cl2N2O4S2. The average Bonchev–Trinajstić information content (AvgIpc) is 2.96. The lowest BCUT2D eigenvalue weighted by molar-refractivity contribution is 0.221. The summed E-state index contributed by atoms with van der Waals surface area (Å²) in [7, 11) is -6.99. The summed E-state index contributed by atoms with van der Waals surface area (Å²) in [5, 5.41) is 0.891. The number of benzene rings is 2. The van der Waals surface area contributed by atoms with E-state index in [2.05, 4.69) is 4.72 Å². The fourth-order valence-electron chi connectivity index (χ4n) is 4.56. The van der Waals surface area contributed by atoms with Gasteiger partial charge >= 0.3 is 0 Å². The number of nitrogens with one attached hydrogen (secondary N) is 1. The lowest BCUT2D eigenvalue weighted by Crippen LogP contribution is -2.51. The molecule has 0 aliphatic carbocycles. The molecule has 2 aromatic rings. The van der Waals surface area contributed by atoms with Crippen molar-refractivity contribution in [1.29, 1.82) is 0 Å². The maximum absolute atomic E-state index is 12.9. The first kappa shape index (κ1) is 22.0. The normalized spacial score (nSPS) is 24.8. The third-order valence-corrected chi connectivity index (χ3v) is 9.43. The minimum absolute atomic E-state index is 0.136. The third-order valence-electron chi connectivity index (χ3n) is 5.79.